The second kappa shape index (κ2) is 8.45. The van der Waals surface area contributed by atoms with Crippen molar-refractivity contribution in [2.45, 2.75) is 27.3 Å². The van der Waals surface area contributed by atoms with Crippen LogP contribution in [0.1, 0.15) is 34.0 Å². The zero-order valence-electron chi connectivity index (χ0n) is 15.9. The third-order valence-electron chi connectivity index (χ3n) is 4.50. The average molecular weight is 360 g/mol. The van der Waals surface area contributed by atoms with Crippen LogP contribution in [0.5, 0.6) is 0 Å². The zero-order valence-corrected chi connectivity index (χ0v) is 15.9. The Kier molecular flexibility index (Phi) is 5.81. The summed E-state index contributed by atoms with van der Waals surface area (Å²) in [5.41, 5.74) is 4.53. The number of nitrogens with one attached hydrogen (secondary N) is 1. The van der Waals surface area contributed by atoms with Crippen molar-refractivity contribution in [1.29, 1.82) is 0 Å². The monoisotopic (exact) mass is 360 g/mol. The number of anilines is 2. The van der Waals surface area contributed by atoms with Crippen LogP contribution in [0.3, 0.4) is 0 Å². The lowest BCUT2D eigenvalue weighted by Crippen LogP contribution is -2.24. The largest absolute Gasteiger partial charge is 0.337 e. The minimum Gasteiger partial charge on any atom is -0.337 e. The van der Waals surface area contributed by atoms with Gasteiger partial charge < -0.3 is 10.2 Å². The lowest BCUT2D eigenvalue weighted by Gasteiger charge is -2.20. The second-order valence-corrected chi connectivity index (χ2v) is 6.49. The van der Waals surface area contributed by atoms with Crippen LogP contribution in [0.25, 0.3) is 0 Å². The number of aryl methyl sites for hydroxylation is 2. The van der Waals surface area contributed by atoms with Gasteiger partial charge in [-0.2, -0.15) is 0 Å². The highest BCUT2D eigenvalue weighted by atomic mass is 16.1. The minimum atomic E-state index is -0.204. The molecular weight excluding hydrogens is 336 g/mol. The van der Waals surface area contributed by atoms with Crippen molar-refractivity contribution in [3.63, 3.8) is 0 Å². The van der Waals surface area contributed by atoms with Gasteiger partial charge in [0.05, 0.1) is 5.56 Å². The molecule has 0 bridgehead atoms. The maximum atomic E-state index is 12.6. The number of nitrogens with zero attached hydrogens (tertiary/aromatic N) is 3. The molecule has 0 fully saturated rings. The van der Waals surface area contributed by atoms with Crippen molar-refractivity contribution in [2.24, 2.45) is 0 Å². The first-order chi connectivity index (χ1) is 13.1. The summed E-state index contributed by atoms with van der Waals surface area (Å²) in [7, 11) is 0. The van der Waals surface area contributed by atoms with Gasteiger partial charge in [-0.3, -0.25) is 4.79 Å². The fourth-order valence-electron chi connectivity index (χ4n) is 2.93. The van der Waals surface area contributed by atoms with Gasteiger partial charge in [0.15, 0.2) is 0 Å². The molecule has 0 unspecified atom stereocenters. The molecule has 0 saturated carbocycles. The van der Waals surface area contributed by atoms with E-state index in [1.165, 1.54) is 5.56 Å². The van der Waals surface area contributed by atoms with Crippen LogP contribution in [-0.4, -0.2) is 22.4 Å². The summed E-state index contributed by atoms with van der Waals surface area (Å²) in [5.74, 6) is 0.412. The molecule has 0 aliphatic rings. The predicted octanol–water partition coefficient (Wildman–Crippen LogP) is 4.37. The van der Waals surface area contributed by atoms with Gasteiger partial charge in [-0.1, -0.05) is 48.5 Å². The molecule has 1 heterocycles. The van der Waals surface area contributed by atoms with Crippen LogP contribution < -0.4 is 10.2 Å². The fraction of sp³-hybridized carbons (Fsp3) is 0.227. The van der Waals surface area contributed by atoms with E-state index in [0.29, 0.717) is 11.5 Å². The standard InChI is InChI=1S/C22H24N4O/c1-4-26(15-18-11-6-5-7-12-18)22-23-13-19(14-24-22)21(27)25-20-16(2)9-8-10-17(20)3/h5-14H,4,15H2,1-3H3,(H,25,27). The van der Waals surface area contributed by atoms with E-state index in [-0.39, 0.29) is 5.91 Å². The average Bonchev–Trinajstić information content (AvgIpc) is 2.70. The Labute approximate surface area is 160 Å². The number of benzene rings is 2. The van der Waals surface area contributed by atoms with Gasteiger partial charge in [-0.25, -0.2) is 9.97 Å². The first-order valence-electron chi connectivity index (χ1n) is 9.07. The van der Waals surface area contributed by atoms with Crippen molar-refractivity contribution < 1.29 is 4.79 Å². The number of para-hydroxylation sites is 1. The van der Waals surface area contributed by atoms with Gasteiger partial charge in [0.2, 0.25) is 5.95 Å². The van der Waals surface area contributed by atoms with E-state index in [1.54, 1.807) is 12.4 Å². The van der Waals surface area contributed by atoms with Gasteiger partial charge in [-0.05, 0) is 37.5 Å². The molecule has 0 radical (unpaired) electrons. The van der Waals surface area contributed by atoms with Gasteiger partial charge in [0.1, 0.15) is 0 Å². The SMILES string of the molecule is CCN(Cc1ccccc1)c1ncc(C(=O)Nc2c(C)cccc2C)cn1. The number of hydrogen-bond donors (Lipinski definition) is 1. The number of hydrogen-bond acceptors (Lipinski definition) is 4. The van der Waals surface area contributed by atoms with Gasteiger partial charge >= 0.3 is 0 Å². The summed E-state index contributed by atoms with van der Waals surface area (Å²) in [4.78, 5) is 23.4. The van der Waals surface area contributed by atoms with Crippen molar-refractivity contribution >= 4 is 17.5 Å². The minimum absolute atomic E-state index is 0.204. The van der Waals surface area contributed by atoms with Crippen LogP contribution in [0.4, 0.5) is 11.6 Å². The lowest BCUT2D eigenvalue weighted by molar-refractivity contribution is 0.102. The molecule has 0 aliphatic heterocycles. The molecule has 0 saturated heterocycles. The molecule has 3 rings (SSSR count). The molecule has 5 heteroatoms. The first-order valence-corrected chi connectivity index (χ1v) is 9.07. The van der Waals surface area contributed by atoms with Gasteiger partial charge in [0.25, 0.3) is 5.91 Å². The summed E-state index contributed by atoms with van der Waals surface area (Å²) < 4.78 is 0. The molecular formula is C22H24N4O. The van der Waals surface area contributed by atoms with Crippen LogP contribution in [0.2, 0.25) is 0 Å². The first kappa shape index (κ1) is 18.6. The number of amides is 1. The van der Waals surface area contributed by atoms with E-state index in [2.05, 4.69) is 39.2 Å². The summed E-state index contributed by atoms with van der Waals surface area (Å²) >= 11 is 0. The quantitative estimate of drug-likeness (QED) is 0.709. The van der Waals surface area contributed by atoms with E-state index in [0.717, 1.165) is 29.9 Å². The van der Waals surface area contributed by atoms with Crippen LogP contribution in [-0.2, 0) is 6.54 Å². The number of carbonyl (C=O) groups excluding carboxylic acids is 1. The highest BCUT2D eigenvalue weighted by Gasteiger charge is 2.13. The molecule has 3 aromatic rings. The molecule has 138 valence electrons. The Morgan fingerprint density at radius 3 is 2.19 bits per heavy atom. The predicted molar refractivity (Wildman–Crippen MR) is 109 cm³/mol. The number of aromatic nitrogens is 2. The maximum Gasteiger partial charge on any atom is 0.258 e. The highest BCUT2D eigenvalue weighted by Crippen LogP contribution is 2.20. The second-order valence-electron chi connectivity index (χ2n) is 6.49. The Bertz CT molecular complexity index is 887. The third-order valence-corrected chi connectivity index (χ3v) is 4.50. The summed E-state index contributed by atoms with van der Waals surface area (Å²) in [6.07, 6.45) is 3.16. The topological polar surface area (TPSA) is 58.1 Å². The molecule has 2 aromatic carbocycles. The zero-order chi connectivity index (χ0) is 19.2. The van der Waals surface area contributed by atoms with E-state index < -0.39 is 0 Å². The van der Waals surface area contributed by atoms with Gasteiger partial charge in [-0.15, -0.1) is 0 Å². The van der Waals surface area contributed by atoms with Crippen molar-refractivity contribution in [3.05, 3.63) is 83.2 Å². The van der Waals surface area contributed by atoms with Crippen LogP contribution in [0, 0.1) is 13.8 Å². The number of carbonyl (C=O) groups is 1. The third kappa shape index (κ3) is 4.50. The Balaban J connectivity index is 1.73. The molecule has 1 N–H and O–H groups in total. The van der Waals surface area contributed by atoms with Crippen LogP contribution >= 0.6 is 0 Å². The van der Waals surface area contributed by atoms with Gasteiger partial charge in [0, 0.05) is 31.2 Å². The summed E-state index contributed by atoms with van der Waals surface area (Å²) in [5, 5.41) is 2.96. The van der Waals surface area contributed by atoms with Crippen molar-refractivity contribution in [2.75, 3.05) is 16.8 Å². The fourth-order valence-corrected chi connectivity index (χ4v) is 2.93. The molecule has 0 spiro atoms. The van der Waals surface area contributed by atoms with E-state index in [1.807, 2.05) is 50.2 Å². The molecule has 0 aliphatic carbocycles. The lowest BCUT2D eigenvalue weighted by atomic mass is 10.1. The van der Waals surface area contributed by atoms with E-state index >= 15 is 0 Å². The molecule has 27 heavy (non-hydrogen) atoms. The summed E-state index contributed by atoms with van der Waals surface area (Å²) in [6, 6.07) is 16.1. The molecule has 1 amide bonds. The normalized spacial score (nSPS) is 10.5. The van der Waals surface area contributed by atoms with Crippen molar-refractivity contribution in [3.8, 4) is 0 Å². The molecule has 1 aromatic heterocycles. The molecule has 0 atom stereocenters. The van der Waals surface area contributed by atoms with Crippen LogP contribution in [0.15, 0.2) is 60.9 Å². The van der Waals surface area contributed by atoms with E-state index in [9.17, 15) is 4.79 Å². The number of rotatable bonds is 6. The smallest absolute Gasteiger partial charge is 0.258 e. The Morgan fingerprint density at radius 1 is 0.963 bits per heavy atom. The maximum absolute atomic E-state index is 12.6. The van der Waals surface area contributed by atoms with Crippen molar-refractivity contribution in [1.82, 2.24) is 9.97 Å². The molecule has 5 nitrogen and oxygen atoms in total. The highest BCUT2D eigenvalue weighted by molar-refractivity contribution is 6.04. The van der Waals surface area contributed by atoms with E-state index in [4.69, 9.17) is 0 Å². The summed E-state index contributed by atoms with van der Waals surface area (Å²) in [6.45, 7) is 7.53. The Morgan fingerprint density at radius 2 is 1.59 bits per heavy atom. The Hall–Kier alpha value is -3.21.